The predicted octanol–water partition coefficient (Wildman–Crippen LogP) is 1.39. The summed E-state index contributed by atoms with van der Waals surface area (Å²) in [5, 5.41) is 29.8. The molecule has 1 aliphatic heterocycles. The second kappa shape index (κ2) is 4.46. The molecule has 1 aliphatic rings. The Morgan fingerprint density at radius 2 is 2.35 bits per heavy atom. The minimum absolute atomic E-state index is 0.157. The zero-order valence-electron chi connectivity index (χ0n) is 9.77. The minimum atomic E-state index is -0.527. The van der Waals surface area contributed by atoms with E-state index >= 15 is 0 Å². The zero-order valence-corrected chi connectivity index (χ0v) is 10.6. The first-order valence-corrected chi connectivity index (χ1v) is 6.23. The van der Waals surface area contributed by atoms with Crippen LogP contribution in [0, 0.1) is 12.3 Å². The molecule has 5 nitrogen and oxygen atoms in total. The Morgan fingerprint density at radius 1 is 1.65 bits per heavy atom. The number of nitrogens with zero attached hydrogens (tertiary/aromatic N) is 2. The van der Waals surface area contributed by atoms with Crippen molar-refractivity contribution < 1.29 is 10.2 Å². The van der Waals surface area contributed by atoms with Crippen LogP contribution in [0.15, 0.2) is 11.1 Å². The van der Waals surface area contributed by atoms with Gasteiger partial charge in [-0.15, -0.1) is 11.3 Å². The molecule has 0 aliphatic carbocycles. The Balaban J connectivity index is 2.24. The number of aromatic nitrogens is 1. The van der Waals surface area contributed by atoms with E-state index in [1.165, 1.54) is 11.3 Å². The molecule has 0 spiro atoms. The molecular weight excluding hydrogens is 238 g/mol. The van der Waals surface area contributed by atoms with Gasteiger partial charge in [0.25, 0.3) is 0 Å². The summed E-state index contributed by atoms with van der Waals surface area (Å²) in [4.78, 5) is 5.92. The molecule has 17 heavy (non-hydrogen) atoms. The minimum Gasteiger partial charge on any atom is -0.510 e. The van der Waals surface area contributed by atoms with Gasteiger partial charge in [-0.2, -0.15) is 0 Å². The van der Waals surface area contributed by atoms with Gasteiger partial charge in [-0.3, -0.25) is 5.41 Å². The average Bonchev–Trinajstić information content (AvgIpc) is 2.72. The van der Waals surface area contributed by atoms with Gasteiger partial charge < -0.3 is 15.1 Å². The monoisotopic (exact) mass is 253 g/mol. The van der Waals surface area contributed by atoms with Crippen LogP contribution in [0.3, 0.4) is 0 Å². The average molecular weight is 253 g/mol. The lowest BCUT2D eigenvalue weighted by Crippen LogP contribution is -2.33. The molecule has 0 bridgehead atoms. The van der Waals surface area contributed by atoms with Crippen LogP contribution < -0.4 is 0 Å². The first-order chi connectivity index (χ1) is 7.99. The summed E-state index contributed by atoms with van der Waals surface area (Å²) in [7, 11) is 0. The lowest BCUT2D eigenvalue weighted by atomic mass is 10.2. The fraction of sp³-hybridized carbons (Fsp3) is 0.455. The molecule has 0 saturated heterocycles. The van der Waals surface area contributed by atoms with E-state index in [2.05, 4.69) is 4.98 Å². The number of aryl methyl sites for hydroxylation is 1. The van der Waals surface area contributed by atoms with Gasteiger partial charge in [-0.05, 0) is 13.8 Å². The van der Waals surface area contributed by atoms with Gasteiger partial charge in [0.05, 0.1) is 18.2 Å². The lowest BCUT2D eigenvalue weighted by molar-refractivity contribution is 0.160. The number of amidine groups is 1. The summed E-state index contributed by atoms with van der Waals surface area (Å²) in [6.07, 6.45) is -0.527. The Hall–Kier alpha value is -1.40. The van der Waals surface area contributed by atoms with E-state index in [1.54, 1.807) is 11.8 Å². The van der Waals surface area contributed by atoms with E-state index < -0.39 is 6.10 Å². The highest BCUT2D eigenvalue weighted by atomic mass is 32.1. The van der Waals surface area contributed by atoms with E-state index in [0.717, 1.165) is 5.69 Å². The number of nitrogens with one attached hydrogen (secondary N) is 1. The van der Waals surface area contributed by atoms with Gasteiger partial charge in [-0.1, -0.05) is 0 Å². The van der Waals surface area contributed by atoms with Gasteiger partial charge in [0.15, 0.2) is 0 Å². The molecule has 2 rings (SSSR count). The van der Waals surface area contributed by atoms with Crippen LogP contribution >= 0.6 is 11.3 Å². The van der Waals surface area contributed by atoms with Crippen LogP contribution in [0.1, 0.15) is 17.6 Å². The predicted molar refractivity (Wildman–Crippen MR) is 67.4 cm³/mol. The van der Waals surface area contributed by atoms with Crippen molar-refractivity contribution in [2.75, 3.05) is 13.1 Å². The number of hydrogen-bond acceptors (Lipinski definition) is 5. The number of hydrogen-bond donors (Lipinski definition) is 3. The van der Waals surface area contributed by atoms with Gasteiger partial charge in [0.2, 0.25) is 0 Å². The van der Waals surface area contributed by atoms with Crippen molar-refractivity contribution in [3.8, 4) is 0 Å². The van der Waals surface area contributed by atoms with E-state index in [9.17, 15) is 10.2 Å². The third kappa shape index (κ3) is 2.32. The first-order valence-electron chi connectivity index (χ1n) is 5.35. The van der Waals surface area contributed by atoms with Crippen LogP contribution in [-0.2, 0) is 0 Å². The van der Waals surface area contributed by atoms with Crippen molar-refractivity contribution in [2.45, 2.75) is 20.0 Å². The van der Waals surface area contributed by atoms with Gasteiger partial charge >= 0.3 is 0 Å². The summed E-state index contributed by atoms with van der Waals surface area (Å²) < 4.78 is 0. The van der Waals surface area contributed by atoms with Crippen molar-refractivity contribution in [1.29, 1.82) is 5.41 Å². The Bertz CT molecular complexity index is 479. The van der Waals surface area contributed by atoms with Crippen LogP contribution in [0.2, 0.25) is 0 Å². The highest BCUT2D eigenvalue weighted by molar-refractivity contribution is 7.11. The fourth-order valence-electron chi connectivity index (χ4n) is 1.80. The number of thiazole rings is 1. The maximum atomic E-state index is 9.89. The van der Waals surface area contributed by atoms with E-state index in [4.69, 9.17) is 5.41 Å². The smallest absolute Gasteiger partial charge is 0.135 e. The second-order valence-electron chi connectivity index (χ2n) is 4.19. The Labute approximate surface area is 104 Å². The summed E-state index contributed by atoms with van der Waals surface area (Å²) in [5.74, 6) is 0.391. The number of aliphatic hydroxyl groups is 2. The van der Waals surface area contributed by atoms with Gasteiger partial charge in [0.1, 0.15) is 16.6 Å². The molecule has 1 unspecified atom stereocenters. The molecule has 1 aromatic heterocycles. The SMILES string of the molecule is Cc1csc(C2=C(O)CN(CC(C)O)C2=N)n1. The zero-order chi connectivity index (χ0) is 12.6. The van der Waals surface area contributed by atoms with E-state index in [0.29, 0.717) is 17.1 Å². The van der Waals surface area contributed by atoms with Crippen LogP contribution in [0.5, 0.6) is 0 Å². The molecular formula is C11H15N3O2S. The lowest BCUT2D eigenvalue weighted by Gasteiger charge is -2.19. The van der Waals surface area contributed by atoms with E-state index in [-0.39, 0.29) is 18.1 Å². The third-order valence-corrected chi connectivity index (χ3v) is 3.48. The molecule has 3 N–H and O–H groups in total. The first kappa shape index (κ1) is 12.1. The molecule has 2 heterocycles. The number of β-amino-alcohol motifs (C(OH)–C–C–N with tert-alkyl or cyclic N) is 1. The molecule has 0 fully saturated rings. The molecule has 92 valence electrons. The maximum absolute atomic E-state index is 9.89. The van der Waals surface area contributed by atoms with Crippen molar-refractivity contribution in [3.63, 3.8) is 0 Å². The highest BCUT2D eigenvalue weighted by Gasteiger charge is 2.30. The van der Waals surface area contributed by atoms with Crippen molar-refractivity contribution >= 4 is 22.7 Å². The standard InChI is InChI=1S/C11H15N3O2S/c1-6-5-17-11(13-6)9-8(16)4-14(10(9)12)3-7(2)15/h5,7,12,15-16H,3-4H2,1-2H3. The number of aliphatic hydroxyl groups excluding tert-OH is 2. The fourth-order valence-corrected chi connectivity index (χ4v) is 2.67. The van der Waals surface area contributed by atoms with Crippen molar-refractivity contribution in [1.82, 2.24) is 9.88 Å². The molecule has 1 aromatic rings. The van der Waals surface area contributed by atoms with Crippen LogP contribution in [0.25, 0.3) is 5.57 Å². The summed E-state index contributed by atoms with van der Waals surface area (Å²) in [6.45, 7) is 4.16. The highest BCUT2D eigenvalue weighted by Crippen LogP contribution is 2.29. The van der Waals surface area contributed by atoms with E-state index in [1.807, 2.05) is 12.3 Å². The molecule has 0 amide bonds. The maximum Gasteiger partial charge on any atom is 0.135 e. The molecule has 1 atom stereocenters. The second-order valence-corrected chi connectivity index (χ2v) is 5.05. The largest absolute Gasteiger partial charge is 0.510 e. The summed E-state index contributed by atoms with van der Waals surface area (Å²) >= 11 is 1.42. The Kier molecular flexibility index (Phi) is 3.17. The molecule has 0 radical (unpaired) electrons. The molecule has 0 saturated carbocycles. The Morgan fingerprint density at radius 3 is 2.88 bits per heavy atom. The van der Waals surface area contributed by atoms with Crippen molar-refractivity contribution in [3.05, 3.63) is 21.8 Å². The van der Waals surface area contributed by atoms with Crippen LogP contribution in [-0.4, -0.2) is 45.1 Å². The van der Waals surface area contributed by atoms with Crippen molar-refractivity contribution in [2.24, 2.45) is 0 Å². The van der Waals surface area contributed by atoms with Crippen LogP contribution in [0.4, 0.5) is 0 Å². The quantitative estimate of drug-likeness (QED) is 0.760. The summed E-state index contributed by atoms with van der Waals surface area (Å²) in [5.41, 5.74) is 1.37. The van der Waals surface area contributed by atoms with Gasteiger partial charge in [-0.25, -0.2) is 4.98 Å². The topological polar surface area (TPSA) is 80.4 Å². The van der Waals surface area contributed by atoms with Gasteiger partial charge in [0, 0.05) is 17.6 Å². The summed E-state index contributed by atoms with van der Waals surface area (Å²) in [6, 6.07) is 0. The molecule has 0 aromatic carbocycles. The normalized spacial score (nSPS) is 18.1. The molecule has 6 heteroatoms. The number of rotatable bonds is 3. The third-order valence-electron chi connectivity index (χ3n) is 2.50.